The molecule has 0 amide bonds. The fourth-order valence-electron chi connectivity index (χ4n) is 4.49. The maximum atomic E-state index is 11.1. The highest BCUT2D eigenvalue weighted by Crippen LogP contribution is 2.41. The van der Waals surface area contributed by atoms with E-state index in [0.717, 1.165) is 40.7 Å². The van der Waals surface area contributed by atoms with Crippen LogP contribution in [0.3, 0.4) is 0 Å². The van der Waals surface area contributed by atoms with Crippen LogP contribution in [0, 0.1) is 6.92 Å². The summed E-state index contributed by atoms with van der Waals surface area (Å²) in [5, 5.41) is 3.29. The number of nitrogens with zero attached hydrogens (tertiary/aromatic N) is 2. The van der Waals surface area contributed by atoms with Crippen molar-refractivity contribution in [2.24, 2.45) is 0 Å². The highest BCUT2D eigenvalue weighted by atomic mass is 32.2. The van der Waals surface area contributed by atoms with Crippen LogP contribution < -0.4 is 5.32 Å². The Bertz CT molecular complexity index is 1450. The van der Waals surface area contributed by atoms with E-state index >= 15 is 0 Å². The van der Waals surface area contributed by atoms with Crippen LogP contribution in [-0.4, -0.2) is 31.2 Å². The summed E-state index contributed by atoms with van der Waals surface area (Å²) in [6.45, 7) is 2.24. The second-order valence-corrected chi connectivity index (χ2v) is 10.6. The quantitative estimate of drug-likeness (QED) is 0.353. The van der Waals surface area contributed by atoms with Crippen molar-refractivity contribution in [1.82, 2.24) is 9.97 Å². The van der Waals surface area contributed by atoms with Crippen molar-refractivity contribution in [1.29, 1.82) is 0 Å². The van der Waals surface area contributed by atoms with Crippen LogP contribution in [0.1, 0.15) is 33.7 Å². The lowest BCUT2D eigenvalue weighted by Crippen LogP contribution is -2.15. The molecule has 0 aliphatic heterocycles. The fraction of sp³-hybridized carbons (Fsp3) is 0.214. The second kappa shape index (κ2) is 9.60. The molecular formula is C28H27N3O3S. The maximum Gasteiger partial charge on any atom is 0.264 e. The van der Waals surface area contributed by atoms with Crippen LogP contribution in [0.2, 0.25) is 0 Å². The topological polar surface area (TPSA) is 81.2 Å². The van der Waals surface area contributed by atoms with Crippen molar-refractivity contribution < 1.29 is 12.6 Å². The molecule has 1 aliphatic rings. The molecule has 0 fully saturated rings. The molecule has 1 N–H and O–H groups in total. The Morgan fingerprint density at radius 2 is 1.74 bits per heavy atom. The van der Waals surface area contributed by atoms with Crippen molar-refractivity contribution in [3.8, 4) is 11.3 Å². The molecule has 4 aromatic rings. The van der Waals surface area contributed by atoms with Crippen molar-refractivity contribution >= 4 is 21.8 Å². The van der Waals surface area contributed by atoms with Crippen LogP contribution in [0.15, 0.2) is 79.0 Å². The summed E-state index contributed by atoms with van der Waals surface area (Å²) in [4.78, 5) is 9.47. The van der Waals surface area contributed by atoms with Crippen LogP contribution >= 0.6 is 0 Å². The number of rotatable bonds is 7. The normalized spacial score (nSPS) is 14.7. The van der Waals surface area contributed by atoms with E-state index in [2.05, 4.69) is 65.8 Å². The molecule has 0 radical (unpaired) electrons. The zero-order chi connectivity index (χ0) is 24.4. The van der Waals surface area contributed by atoms with Crippen LogP contribution in [0.25, 0.3) is 11.3 Å². The lowest BCUT2D eigenvalue weighted by Gasteiger charge is -2.27. The first-order valence-corrected chi connectivity index (χ1v) is 13.4. The number of aromatic nitrogens is 2. The SMILES string of the molecule is Cc1ccc([C@H]2Cc3cnc(Nc4ccc(CCOS(C)(=O)=O)cc4)nc3-c3ccccc32)cc1. The maximum absolute atomic E-state index is 11.1. The fourth-order valence-corrected chi connectivity index (χ4v) is 4.87. The smallest absolute Gasteiger partial charge is 0.264 e. The van der Waals surface area contributed by atoms with Gasteiger partial charge in [0.2, 0.25) is 5.95 Å². The second-order valence-electron chi connectivity index (χ2n) is 8.92. The first kappa shape index (κ1) is 23.2. The van der Waals surface area contributed by atoms with E-state index in [4.69, 9.17) is 9.17 Å². The number of anilines is 2. The first-order chi connectivity index (χ1) is 16.9. The van der Waals surface area contributed by atoms with Crippen molar-refractivity contribution in [2.75, 3.05) is 18.2 Å². The van der Waals surface area contributed by atoms with Gasteiger partial charge >= 0.3 is 0 Å². The standard InChI is InChI=1S/C28H27N3O3S/c1-19-7-11-21(12-8-19)26-17-22-18-29-28(31-27(22)25-6-4-3-5-24(25)26)30-23-13-9-20(10-14-23)15-16-34-35(2,32)33/h3-14,18,26H,15-17H2,1-2H3,(H,29,30,31)/t26-/m1/s1. The van der Waals surface area contributed by atoms with Crippen molar-refractivity contribution in [3.05, 3.63) is 107 Å². The number of aryl methyl sites for hydroxylation is 1. The van der Waals surface area contributed by atoms with Gasteiger partial charge < -0.3 is 5.32 Å². The van der Waals surface area contributed by atoms with Gasteiger partial charge in [-0.15, -0.1) is 0 Å². The number of benzene rings is 3. The molecule has 0 saturated carbocycles. The molecule has 35 heavy (non-hydrogen) atoms. The van der Waals surface area contributed by atoms with E-state index in [9.17, 15) is 8.42 Å². The van der Waals surface area contributed by atoms with Gasteiger partial charge in [0.25, 0.3) is 10.1 Å². The first-order valence-electron chi connectivity index (χ1n) is 11.6. The molecule has 0 unspecified atom stereocenters. The molecule has 1 heterocycles. The molecule has 1 aliphatic carbocycles. The zero-order valence-electron chi connectivity index (χ0n) is 19.7. The third-order valence-corrected chi connectivity index (χ3v) is 6.85. The lowest BCUT2D eigenvalue weighted by atomic mass is 9.78. The Balaban J connectivity index is 1.36. The summed E-state index contributed by atoms with van der Waals surface area (Å²) >= 11 is 0. The van der Waals surface area contributed by atoms with Crippen molar-refractivity contribution in [2.45, 2.75) is 25.7 Å². The average Bonchev–Trinajstić information content (AvgIpc) is 2.85. The summed E-state index contributed by atoms with van der Waals surface area (Å²) in [7, 11) is -3.42. The molecule has 0 bridgehead atoms. The van der Waals surface area contributed by atoms with E-state index in [0.29, 0.717) is 12.4 Å². The van der Waals surface area contributed by atoms with Gasteiger partial charge in [-0.05, 0) is 54.2 Å². The number of hydrogen-bond acceptors (Lipinski definition) is 6. The summed E-state index contributed by atoms with van der Waals surface area (Å²) in [6.07, 6.45) is 4.36. The van der Waals surface area contributed by atoms with Gasteiger partial charge in [0, 0.05) is 23.4 Å². The van der Waals surface area contributed by atoms with Crippen molar-refractivity contribution in [3.63, 3.8) is 0 Å². The largest absolute Gasteiger partial charge is 0.324 e. The number of nitrogens with one attached hydrogen (secondary N) is 1. The molecule has 7 heteroatoms. The predicted molar refractivity (Wildman–Crippen MR) is 138 cm³/mol. The van der Waals surface area contributed by atoms with Gasteiger partial charge in [0.1, 0.15) is 0 Å². The Morgan fingerprint density at radius 1 is 1.00 bits per heavy atom. The summed E-state index contributed by atoms with van der Waals surface area (Å²) in [5.41, 5.74) is 8.95. The van der Waals surface area contributed by atoms with Crippen LogP contribution in [0.4, 0.5) is 11.6 Å². The predicted octanol–water partition coefficient (Wildman–Crippen LogP) is 5.40. The molecule has 3 aromatic carbocycles. The third kappa shape index (κ3) is 5.42. The molecule has 5 rings (SSSR count). The zero-order valence-corrected chi connectivity index (χ0v) is 20.5. The molecular weight excluding hydrogens is 458 g/mol. The molecule has 6 nitrogen and oxygen atoms in total. The minimum absolute atomic E-state index is 0.128. The minimum atomic E-state index is -3.42. The summed E-state index contributed by atoms with van der Waals surface area (Å²) < 4.78 is 27.0. The number of hydrogen-bond donors (Lipinski definition) is 1. The van der Waals surface area contributed by atoms with Gasteiger partial charge in [-0.1, -0.05) is 66.2 Å². The summed E-state index contributed by atoms with van der Waals surface area (Å²) in [5.74, 6) is 0.821. The van der Waals surface area contributed by atoms with E-state index in [1.165, 1.54) is 16.7 Å². The highest BCUT2D eigenvalue weighted by Gasteiger charge is 2.27. The van der Waals surface area contributed by atoms with E-state index in [-0.39, 0.29) is 12.5 Å². The highest BCUT2D eigenvalue weighted by molar-refractivity contribution is 7.85. The van der Waals surface area contributed by atoms with E-state index in [1.54, 1.807) is 0 Å². The van der Waals surface area contributed by atoms with Gasteiger partial charge in [-0.25, -0.2) is 9.97 Å². The van der Waals surface area contributed by atoms with Crippen LogP contribution in [0.5, 0.6) is 0 Å². The monoisotopic (exact) mass is 485 g/mol. The Labute approximate surface area is 206 Å². The van der Waals surface area contributed by atoms with E-state index < -0.39 is 10.1 Å². The Kier molecular flexibility index (Phi) is 6.36. The van der Waals surface area contributed by atoms with E-state index in [1.807, 2.05) is 30.5 Å². The molecule has 0 saturated heterocycles. The molecule has 1 aromatic heterocycles. The molecule has 0 spiro atoms. The lowest BCUT2D eigenvalue weighted by molar-refractivity contribution is 0.326. The van der Waals surface area contributed by atoms with Gasteiger partial charge in [0.15, 0.2) is 0 Å². The van der Waals surface area contributed by atoms with Gasteiger partial charge in [0.05, 0.1) is 18.6 Å². The van der Waals surface area contributed by atoms with Crippen LogP contribution in [-0.2, 0) is 27.1 Å². The number of fused-ring (bicyclic) bond motifs is 3. The minimum Gasteiger partial charge on any atom is -0.324 e. The van der Waals surface area contributed by atoms with Gasteiger partial charge in [-0.3, -0.25) is 4.18 Å². The molecule has 178 valence electrons. The molecule has 1 atom stereocenters. The Morgan fingerprint density at radius 3 is 2.49 bits per heavy atom. The average molecular weight is 486 g/mol. The summed E-state index contributed by atoms with van der Waals surface area (Å²) in [6, 6.07) is 25.0. The van der Waals surface area contributed by atoms with Gasteiger partial charge in [-0.2, -0.15) is 8.42 Å². The Hall–Kier alpha value is -3.55. The third-order valence-electron chi connectivity index (χ3n) is 6.26.